The van der Waals surface area contributed by atoms with Crippen molar-refractivity contribution in [2.24, 2.45) is 5.92 Å². The lowest BCUT2D eigenvalue weighted by atomic mass is 9.80. The number of amides is 1. The van der Waals surface area contributed by atoms with Crippen LogP contribution in [0.2, 0.25) is 0 Å². The van der Waals surface area contributed by atoms with Crippen LogP contribution in [0.25, 0.3) is 0 Å². The van der Waals surface area contributed by atoms with Gasteiger partial charge in [0.15, 0.2) is 0 Å². The molecular formula is C9H14N4OS. The smallest absolute Gasteiger partial charge is 0.282 e. The number of carbonyl (C=O) groups excluding carboxylic acids is 1. The zero-order chi connectivity index (χ0) is 10.8. The van der Waals surface area contributed by atoms with Crippen LogP contribution in [0.15, 0.2) is 0 Å². The molecule has 82 valence electrons. The molecular weight excluding hydrogens is 212 g/mol. The lowest BCUT2D eigenvalue weighted by molar-refractivity contribution is 0.0908. The minimum Gasteiger partial charge on any atom is -0.374 e. The lowest BCUT2D eigenvalue weighted by Crippen LogP contribution is -2.40. The van der Waals surface area contributed by atoms with Crippen LogP contribution in [0.1, 0.15) is 36.0 Å². The first kappa shape index (κ1) is 10.4. The molecule has 1 atom stereocenters. The van der Waals surface area contributed by atoms with Gasteiger partial charge in [0.2, 0.25) is 10.1 Å². The Bertz CT molecular complexity index is 361. The maximum atomic E-state index is 11.7. The molecule has 1 heterocycles. The molecule has 1 aliphatic rings. The van der Waals surface area contributed by atoms with Crippen LogP contribution in [-0.4, -0.2) is 22.1 Å². The quantitative estimate of drug-likeness (QED) is 0.807. The molecule has 1 fully saturated rings. The largest absolute Gasteiger partial charge is 0.374 e. The van der Waals surface area contributed by atoms with E-state index >= 15 is 0 Å². The number of hydrogen-bond acceptors (Lipinski definition) is 5. The molecule has 2 rings (SSSR count). The number of rotatable bonds is 3. The summed E-state index contributed by atoms with van der Waals surface area (Å²) >= 11 is 1.12. The summed E-state index contributed by atoms with van der Waals surface area (Å²) in [5.41, 5.74) is 5.41. The first-order valence-electron chi connectivity index (χ1n) is 5.06. The van der Waals surface area contributed by atoms with Crippen LogP contribution in [0.5, 0.6) is 0 Å². The van der Waals surface area contributed by atoms with E-state index in [0.29, 0.717) is 16.1 Å². The van der Waals surface area contributed by atoms with E-state index in [4.69, 9.17) is 5.73 Å². The van der Waals surface area contributed by atoms with Gasteiger partial charge >= 0.3 is 0 Å². The topological polar surface area (TPSA) is 80.9 Å². The summed E-state index contributed by atoms with van der Waals surface area (Å²) in [7, 11) is 0. The van der Waals surface area contributed by atoms with E-state index in [1.807, 2.05) is 6.92 Å². The number of nitrogens with one attached hydrogen (secondary N) is 1. The van der Waals surface area contributed by atoms with Gasteiger partial charge in [-0.3, -0.25) is 4.79 Å². The highest BCUT2D eigenvalue weighted by Crippen LogP contribution is 2.29. The predicted octanol–water partition coefficient (Wildman–Crippen LogP) is 1.04. The molecule has 0 bridgehead atoms. The van der Waals surface area contributed by atoms with Crippen molar-refractivity contribution in [3.63, 3.8) is 0 Å². The van der Waals surface area contributed by atoms with Crippen LogP contribution in [0.3, 0.4) is 0 Å². The van der Waals surface area contributed by atoms with Gasteiger partial charge in [-0.25, -0.2) is 0 Å². The Labute approximate surface area is 92.1 Å². The Morgan fingerprint density at radius 3 is 2.80 bits per heavy atom. The molecule has 6 heteroatoms. The highest BCUT2D eigenvalue weighted by molar-refractivity contribution is 7.16. The first-order valence-corrected chi connectivity index (χ1v) is 5.88. The standard InChI is InChI=1S/C9H14N4OS/c1-5(6-3-2-4-6)11-7(14)8-12-13-9(10)15-8/h5-6H,2-4H2,1H3,(H2,10,13)(H,11,14). The van der Waals surface area contributed by atoms with E-state index in [9.17, 15) is 4.79 Å². The number of hydrogen-bond donors (Lipinski definition) is 2. The second-order valence-corrected chi connectivity index (χ2v) is 4.91. The summed E-state index contributed by atoms with van der Waals surface area (Å²) in [4.78, 5) is 11.7. The van der Waals surface area contributed by atoms with E-state index in [1.54, 1.807) is 0 Å². The van der Waals surface area contributed by atoms with Crippen molar-refractivity contribution in [3.8, 4) is 0 Å². The van der Waals surface area contributed by atoms with E-state index in [1.165, 1.54) is 19.3 Å². The van der Waals surface area contributed by atoms with E-state index in [2.05, 4.69) is 15.5 Å². The van der Waals surface area contributed by atoms with Crippen LogP contribution in [-0.2, 0) is 0 Å². The fourth-order valence-electron chi connectivity index (χ4n) is 1.65. The van der Waals surface area contributed by atoms with Gasteiger partial charge in [0.05, 0.1) is 0 Å². The molecule has 1 saturated carbocycles. The average Bonchev–Trinajstić information content (AvgIpc) is 2.48. The second-order valence-electron chi connectivity index (χ2n) is 3.90. The summed E-state index contributed by atoms with van der Waals surface area (Å²) in [5.74, 6) is 0.461. The minimum atomic E-state index is -0.163. The molecule has 0 radical (unpaired) electrons. The number of nitrogen functional groups attached to an aromatic ring is 1. The van der Waals surface area contributed by atoms with E-state index < -0.39 is 0 Å². The molecule has 1 aromatic heterocycles. The Morgan fingerprint density at radius 2 is 2.33 bits per heavy atom. The number of carbonyl (C=O) groups is 1. The van der Waals surface area contributed by atoms with Crippen molar-refractivity contribution in [2.75, 3.05) is 5.73 Å². The molecule has 0 saturated heterocycles. The van der Waals surface area contributed by atoms with E-state index in [-0.39, 0.29) is 11.9 Å². The summed E-state index contributed by atoms with van der Waals surface area (Å²) < 4.78 is 0. The molecule has 0 aliphatic heterocycles. The normalized spacial score (nSPS) is 18.2. The molecule has 0 spiro atoms. The minimum absolute atomic E-state index is 0.163. The van der Waals surface area contributed by atoms with Crippen LogP contribution in [0, 0.1) is 5.92 Å². The Kier molecular flexibility index (Phi) is 2.86. The van der Waals surface area contributed by atoms with Crippen molar-refractivity contribution in [1.29, 1.82) is 0 Å². The molecule has 15 heavy (non-hydrogen) atoms. The molecule has 5 nitrogen and oxygen atoms in total. The van der Waals surface area contributed by atoms with Crippen LogP contribution < -0.4 is 11.1 Å². The zero-order valence-corrected chi connectivity index (χ0v) is 9.38. The van der Waals surface area contributed by atoms with Crippen molar-refractivity contribution in [1.82, 2.24) is 15.5 Å². The Hall–Kier alpha value is -1.17. The molecule has 0 aromatic carbocycles. The third kappa shape index (κ3) is 2.26. The Morgan fingerprint density at radius 1 is 1.60 bits per heavy atom. The number of nitrogens with zero attached hydrogens (tertiary/aromatic N) is 2. The maximum absolute atomic E-state index is 11.7. The Balaban J connectivity index is 1.91. The van der Waals surface area contributed by atoms with Gasteiger partial charge in [-0.05, 0) is 25.7 Å². The van der Waals surface area contributed by atoms with Gasteiger partial charge in [0.1, 0.15) is 0 Å². The average molecular weight is 226 g/mol. The van der Waals surface area contributed by atoms with Crippen molar-refractivity contribution in [2.45, 2.75) is 32.2 Å². The highest BCUT2D eigenvalue weighted by Gasteiger charge is 2.26. The van der Waals surface area contributed by atoms with Gasteiger partial charge in [-0.2, -0.15) is 0 Å². The van der Waals surface area contributed by atoms with Gasteiger partial charge < -0.3 is 11.1 Å². The summed E-state index contributed by atoms with van der Waals surface area (Å²) in [5, 5.41) is 10.9. The number of anilines is 1. The summed E-state index contributed by atoms with van der Waals surface area (Å²) in [6.07, 6.45) is 3.69. The first-order chi connectivity index (χ1) is 7.16. The molecule has 1 aliphatic carbocycles. The van der Waals surface area contributed by atoms with Gasteiger partial charge in [-0.1, -0.05) is 17.8 Å². The number of aromatic nitrogens is 2. The van der Waals surface area contributed by atoms with Crippen LogP contribution >= 0.6 is 11.3 Å². The van der Waals surface area contributed by atoms with Gasteiger partial charge in [0.25, 0.3) is 5.91 Å². The summed E-state index contributed by atoms with van der Waals surface area (Å²) in [6.45, 7) is 2.03. The van der Waals surface area contributed by atoms with Gasteiger partial charge in [-0.15, -0.1) is 10.2 Å². The van der Waals surface area contributed by atoms with Crippen LogP contribution in [0.4, 0.5) is 5.13 Å². The molecule has 1 aromatic rings. The number of nitrogens with two attached hydrogens (primary N) is 1. The lowest BCUT2D eigenvalue weighted by Gasteiger charge is -2.31. The predicted molar refractivity (Wildman–Crippen MR) is 58.6 cm³/mol. The van der Waals surface area contributed by atoms with Gasteiger partial charge in [0, 0.05) is 6.04 Å². The third-order valence-corrected chi connectivity index (χ3v) is 3.60. The fraction of sp³-hybridized carbons (Fsp3) is 0.667. The monoisotopic (exact) mass is 226 g/mol. The summed E-state index contributed by atoms with van der Waals surface area (Å²) in [6, 6.07) is 0.219. The maximum Gasteiger partial charge on any atom is 0.282 e. The SMILES string of the molecule is CC(NC(=O)c1nnc(N)s1)C1CCC1. The highest BCUT2D eigenvalue weighted by atomic mass is 32.1. The molecule has 1 unspecified atom stereocenters. The zero-order valence-electron chi connectivity index (χ0n) is 8.56. The second kappa shape index (κ2) is 4.14. The third-order valence-electron chi connectivity index (χ3n) is 2.85. The molecule has 1 amide bonds. The van der Waals surface area contributed by atoms with Crippen molar-refractivity contribution in [3.05, 3.63) is 5.01 Å². The fourth-order valence-corrected chi connectivity index (χ4v) is 2.17. The molecule has 3 N–H and O–H groups in total. The van der Waals surface area contributed by atoms with Crippen molar-refractivity contribution >= 4 is 22.4 Å². The van der Waals surface area contributed by atoms with Crippen molar-refractivity contribution < 1.29 is 4.79 Å². The van der Waals surface area contributed by atoms with E-state index in [0.717, 1.165) is 11.3 Å².